The van der Waals surface area contributed by atoms with Crippen LogP contribution in [0.15, 0.2) is 0 Å². The topological polar surface area (TPSA) is 64.3 Å². The van der Waals surface area contributed by atoms with Crippen LogP contribution in [-0.2, 0) is 9.63 Å². The van der Waals surface area contributed by atoms with Gasteiger partial charge in [0.2, 0.25) is 5.91 Å². The number of unbranched alkanes of at least 4 members (excludes halogenated alkanes) is 4. The Morgan fingerprint density at radius 3 is 2.60 bits per heavy atom. The van der Waals surface area contributed by atoms with Crippen molar-refractivity contribution in [3.8, 4) is 0 Å². The molecule has 0 aromatic carbocycles. The maximum atomic E-state index is 11.2. The zero-order valence-corrected chi connectivity index (χ0v) is 9.76. The van der Waals surface area contributed by atoms with Crippen molar-refractivity contribution in [3.05, 3.63) is 0 Å². The normalized spacial score (nSPS) is 10.3. The van der Waals surface area contributed by atoms with Gasteiger partial charge >= 0.3 is 0 Å². The van der Waals surface area contributed by atoms with Gasteiger partial charge in [0.25, 0.3) is 0 Å². The highest BCUT2D eigenvalue weighted by Crippen LogP contribution is 2.04. The molecule has 90 valence electrons. The first-order valence-corrected chi connectivity index (χ1v) is 5.92. The van der Waals surface area contributed by atoms with Crippen LogP contribution in [-0.4, -0.2) is 19.1 Å². The SMILES string of the molecule is CCCCCCCC(=O)NOCCCN. The fourth-order valence-electron chi connectivity index (χ4n) is 1.23. The van der Waals surface area contributed by atoms with Gasteiger partial charge in [0, 0.05) is 6.42 Å². The van der Waals surface area contributed by atoms with Gasteiger partial charge in [-0.1, -0.05) is 32.6 Å². The summed E-state index contributed by atoms with van der Waals surface area (Å²) in [6.45, 7) is 3.27. The average Bonchev–Trinajstić information content (AvgIpc) is 2.24. The van der Waals surface area contributed by atoms with Gasteiger partial charge in [-0.3, -0.25) is 9.63 Å². The number of nitrogens with two attached hydrogens (primary N) is 1. The molecule has 3 N–H and O–H groups in total. The molecule has 0 aromatic rings. The number of hydroxylamine groups is 1. The minimum atomic E-state index is -0.0245. The second-order valence-corrected chi connectivity index (χ2v) is 3.68. The van der Waals surface area contributed by atoms with Crippen LogP contribution >= 0.6 is 0 Å². The van der Waals surface area contributed by atoms with Crippen molar-refractivity contribution in [2.75, 3.05) is 13.2 Å². The largest absolute Gasteiger partial charge is 0.330 e. The van der Waals surface area contributed by atoms with E-state index in [9.17, 15) is 4.79 Å². The van der Waals surface area contributed by atoms with E-state index < -0.39 is 0 Å². The van der Waals surface area contributed by atoms with E-state index >= 15 is 0 Å². The molecule has 0 bridgehead atoms. The second kappa shape index (κ2) is 11.5. The van der Waals surface area contributed by atoms with Gasteiger partial charge in [-0.2, -0.15) is 0 Å². The predicted octanol–water partition coefficient (Wildman–Crippen LogP) is 1.74. The molecule has 0 saturated carbocycles. The Morgan fingerprint density at radius 1 is 1.20 bits per heavy atom. The fourth-order valence-corrected chi connectivity index (χ4v) is 1.23. The highest BCUT2D eigenvalue weighted by Gasteiger charge is 1.99. The first-order chi connectivity index (χ1) is 7.31. The van der Waals surface area contributed by atoms with E-state index in [-0.39, 0.29) is 5.91 Å². The van der Waals surface area contributed by atoms with Crippen molar-refractivity contribution in [3.63, 3.8) is 0 Å². The van der Waals surface area contributed by atoms with Gasteiger partial charge in [-0.15, -0.1) is 0 Å². The Kier molecular flexibility index (Phi) is 11.0. The van der Waals surface area contributed by atoms with Crippen LogP contribution in [0.2, 0.25) is 0 Å². The molecule has 0 spiro atoms. The molecule has 0 heterocycles. The van der Waals surface area contributed by atoms with Crippen LogP contribution in [0.5, 0.6) is 0 Å². The van der Waals surface area contributed by atoms with Crippen LogP contribution in [0.3, 0.4) is 0 Å². The summed E-state index contributed by atoms with van der Waals surface area (Å²) in [5.41, 5.74) is 7.69. The predicted molar refractivity (Wildman–Crippen MR) is 61.1 cm³/mol. The molecule has 0 rings (SSSR count). The average molecular weight is 216 g/mol. The smallest absolute Gasteiger partial charge is 0.243 e. The molecule has 0 aliphatic rings. The first kappa shape index (κ1) is 14.4. The summed E-state index contributed by atoms with van der Waals surface area (Å²) in [5.74, 6) is -0.0245. The molecule has 0 aliphatic carbocycles. The standard InChI is InChI=1S/C11H24N2O2/c1-2-3-4-5-6-8-11(14)13-15-10-7-9-12/h2-10,12H2,1H3,(H,13,14). The number of hydrogen-bond acceptors (Lipinski definition) is 3. The van der Waals surface area contributed by atoms with E-state index in [1.807, 2.05) is 0 Å². The lowest BCUT2D eigenvalue weighted by Crippen LogP contribution is -2.24. The summed E-state index contributed by atoms with van der Waals surface area (Å²) < 4.78 is 0. The molecule has 0 aromatic heterocycles. The molecule has 0 atom stereocenters. The van der Waals surface area contributed by atoms with E-state index in [0.717, 1.165) is 19.3 Å². The van der Waals surface area contributed by atoms with Crippen LogP contribution in [0, 0.1) is 0 Å². The Balaban J connectivity index is 3.11. The first-order valence-electron chi connectivity index (χ1n) is 5.92. The van der Waals surface area contributed by atoms with E-state index in [0.29, 0.717) is 19.6 Å². The fraction of sp³-hybridized carbons (Fsp3) is 0.909. The third-order valence-corrected chi connectivity index (χ3v) is 2.14. The van der Waals surface area contributed by atoms with Crippen molar-refractivity contribution in [2.24, 2.45) is 5.73 Å². The molecule has 0 saturated heterocycles. The van der Waals surface area contributed by atoms with Gasteiger partial charge in [0.15, 0.2) is 0 Å². The van der Waals surface area contributed by atoms with Crippen molar-refractivity contribution < 1.29 is 9.63 Å². The van der Waals surface area contributed by atoms with Gasteiger partial charge in [0.1, 0.15) is 0 Å². The number of rotatable bonds is 10. The number of amides is 1. The third-order valence-electron chi connectivity index (χ3n) is 2.14. The van der Waals surface area contributed by atoms with Gasteiger partial charge in [-0.05, 0) is 19.4 Å². The number of hydrogen-bond donors (Lipinski definition) is 2. The summed E-state index contributed by atoms with van der Waals surface area (Å²) in [6.07, 6.45) is 7.13. The van der Waals surface area contributed by atoms with Crippen LogP contribution in [0.25, 0.3) is 0 Å². The minimum absolute atomic E-state index is 0.0245. The maximum absolute atomic E-state index is 11.2. The maximum Gasteiger partial charge on any atom is 0.243 e. The molecule has 4 nitrogen and oxygen atoms in total. The van der Waals surface area contributed by atoms with Crippen LogP contribution in [0.4, 0.5) is 0 Å². The zero-order valence-electron chi connectivity index (χ0n) is 9.76. The minimum Gasteiger partial charge on any atom is -0.330 e. The molecule has 15 heavy (non-hydrogen) atoms. The summed E-state index contributed by atoms with van der Waals surface area (Å²) in [5, 5.41) is 0. The Morgan fingerprint density at radius 2 is 1.93 bits per heavy atom. The molecule has 0 aliphatic heterocycles. The quantitative estimate of drug-likeness (QED) is 0.432. The molecule has 1 amide bonds. The highest BCUT2D eigenvalue weighted by atomic mass is 16.6. The second-order valence-electron chi connectivity index (χ2n) is 3.68. The Bertz CT molecular complexity index is 152. The van der Waals surface area contributed by atoms with Crippen molar-refractivity contribution in [2.45, 2.75) is 51.9 Å². The van der Waals surface area contributed by atoms with Crippen molar-refractivity contribution >= 4 is 5.91 Å². The summed E-state index contributed by atoms with van der Waals surface area (Å²) >= 11 is 0. The number of nitrogens with one attached hydrogen (secondary N) is 1. The van der Waals surface area contributed by atoms with E-state index in [4.69, 9.17) is 10.6 Å². The Labute approximate surface area is 92.5 Å². The highest BCUT2D eigenvalue weighted by molar-refractivity contribution is 5.74. The van der Waals surface area contributed by atoms with Crippen LogP contribution < -0.4 is 11.2 Å². The van der Waals surface area contributed by atoms with Gasteiger partial charge < -0.3 is 5.73 Å². The molecular weight excluding hydrogens is 192 g/mol. The van der Waals surface area contributed by atoms with Gasteiger partial charge in [-0.25, -0.2) is 5.48 Å². The third kappa shape index (κ3) is 11.3. The molecule has 0 radical (unpaired) electrons. The van der Waals surface area contributed by atoms with Crippen LogP contribution in [0.1, 0.15) is 51.9 Å². The number of carbonyl (C=O) groups is 1. The Hall–Kier alpha value is -0.610. The number of carbonyl (C=O) groups excluding carboxylic acids is 1. The van der Waals surface area contributed by atoms with E-state index in [1.54, 1.807) is 0 Å². The van der Waals surface area contributed by atoms with Crippen molar-refractivity contribution in [1.29, 1.82) is 0 Å². The lowest BCUT2D eigenvalue weighted by atomic mass is 10.1. The van der Waals surface area contributed by atoms with E-state index in [2.05, 4.69) is 12.4 Å². The monoisotopic (exact) mass is 216 g/mol. The molecule has 0 fully saturated rings. The zero-order chi connectivity index (χ0) is 11.4. The summed E-state index contributed by atoms with van der Waals surface area (Å²) in [6, 6.07) is 0. The summed E-state index contributed by atoms with van der Waals surface area (Å²) in [7, 11) is 0. The molecule has 0 unspecified atom stereocenters. The molecular formula is C11H24N2O2. The summed E-state index contributed by atoms with van der Waals surface area (Å²) in [4.78, 5) is 16.1. The van der Waals surface area contributed by atoms with Gasteiger partial charge in [0.05, 0.1) is 6.61 Å². The lowest BCUT2D eigenvalue weighted by Gasteiger charge is -2.04. The van der Waals surface area contributed by atoms with E-state index in [1.165, 1.54) is 19.3 Å². The lowest BCUT2D eigenvalue weighted by molar-refractivity contribution is -0.133. The van der Waals surface area contributed by atoms with Crippen molar-refractivity contribution in [1.82, 2.24) is 5.48 Å². The molecule has 4 heteroatoms.